The van der Waals surface area contributed by atoms with Gasteiger partial charge in [0.2, 0.25) is 0 Å². The molecule has 0 fully saturated rings. The van der Waals surface area contributed by atoms with Crippen molar-refractivity contribution in [3.8, 4) is 0 Å². The zero-order chi connectivity index (χ0) is 12.0. The Hall–Kier alpha value is -1.35. The number of carboxylic acid groups (broad SMARTS) is 1. The first kappa shape index (κ1) is 12.7. The summed E-state index contributed by atoms with van der Waals surface area (Å²) >= 11 is 0. The van der Waals surface area contributed by atoms with Crippen LogP contribution in [0.15, 0.2) is 30.3 Å². The van der Waals surface area contributed by atoms with Crippen molar-refractivity contribution in [1.82, 2.24) is 5.32 Å². The number of nitrogens with one attached hydrogen (secondary N) is 1. The van der Waals surface area contributed by atoms with Gasteiger partial charge in [0.1, 0.15) is 6.04 Å². The molecule has 1 aromatic carbocycles. The number of aliphatic carboxylic acids is 1. The molecule has 0 heterocycles. The third kappa shape index (κ3) is 4.45. The zero-order valence-corrected chi connectivity index (χ0v) is 9.81. The third-order valence-electron chi connectivity index (χ3n) is 2.35. The first-order chi connectivity index (χ1) is 7.59. The van der Waals surface area contributed by atoms with Gasteiger partial charge in [0, 0.05) is 0 Å². The van der Waals surface area contributed by atoms with Crippen LogP contribution in [0.5, 0.6) is 0 Å². The van der Waals surface area contributed by atoms with Crippen molar-refractivity contribution >= 4 is 5.97 Å². The predicted octanol–water partition coefficient (Wildman–Crippen LogP) is 1.93. The summed E-state index contributed by atoms with van der Waals surface area (Å²) in [5.74, 6) is -0.331. The van der Waals surface area contributed by atoms with E-state index in [4.69, 9.17) is 5.11 Å². The van der Waals surface area contributed by atoms with E-state index in [0.717, 1.165) is 12.1 Å². The zero-order valence-electron chi connectivity index (χ0n) is 9.81. The van der Waals surface area contributed by atoms with Gasteiger partial charge in [-0.2, -0.15) is 0 Å². The van der Waals surface area contributed by atoms with Crippen LogP contribution in [0.2, 0.25) is 0 Å². The Morgan fingerprint density at radius 2 is 1.94 bits per heavy atom. The minimum absolute atomic E-state index is 0.456. The largest absolute Gasteiger partial charge is 0.480 e. The molecule has 0 aliphatic heterocycles. The highest BCUT2D eigenvalue weighted by molar-refractivity contribution is 5.73. The van der Waals surface area contributed by atoms with Crippen LogP contribution in [0.1, 0.15) is 19.4 Å². The molecule has 0 aliphatic carbocycles. The van der Waals surface area contributed by atoms with Crippen molar-refractivity contribution in [2.45, 2.75) is 26.3 Å². The fraction of sp³-hybridized carbons (Fsp3) is 0.462. The Bertz CT molecular complexity index is 322. The molecular weight excluding hydrogens is 202 g/mol. The van der Waals surface area contributed by atoms with Crippen molar-refractivity contribution in [3.05, 3.63) is 35.9 Å². The maximum absolute atomic E-state index is 11.1. The summed E-state index contributed by atoms with van der Waals surface area (Å²) < 4.78 is 0. The van der Waals surface area contributed by atoms with Crippen LogP contribution in [0.4, 0.5) is 0 Å². The lowest BCUT2D eigenvalue weighted by Crippen LogP contribution is -2.40. The maximum Gasteiger partial charge on any atom is 0.321 e. The van der Waals surface area contributed by atoms with Gasteiger partial charge in [-0.15, -0.1) is 0 Å². The highest BCUT2D eigenvalue weighted by Crippen LogP contribution is 2.04. The van der Waals surface area contributed by atoms with Crippen molar-refractivity contribution in [3.63, 3.8) is 0 Å². The fourth-order valence-electron chi connectivity index (χ4n) is 1.47. The predicted molar refractivity (Wildman–Crippen MR) is 64.4 cm³/mol. The first-order valence-corrected chi connectivity index (χ1v) is 5.59. The third-order valence-corrected chi connectivity index (χ3v) is 2.35. The molecule has 3 heteroatoms. The van der Waals surface area contributed by atoms with E-state index in [9.17, 15) is 4.79 Å². The minimum Gasteiger partial charge on any atom is -0.480 e. The molecule has 0 aromatic heterocycles. The molecule has 88 valence electrons. The summed E-state index contributed by atoms with van der Waals surface area (Å²) in [4.78, 5) is 11.1. The summed E-state index contributed by atoms with van der Waals surface area (Å²) in [6, 6.07) is 9.19. The van der Waals surface area contributed by atoms with Crippen molar-refractivity contribution in [2.24, 2.45) is 5.92 Å². The van der Waals surface area contributed by atoms with Crippen LogP contribution in [0.3, 0.4) is 0 Å². The van der Waals surface area contributed by atoms with Gasteiger partial charge in [0.05, 0.1) is 0 Å². The van der Waals surface area contributed by atoms with Crippen LogP contribution in [-0.4, -0.2) is 23.7 Å². The number of hydrogen-bond acceptors (Lipinski definition) is 2. The number of rotatable bonds is 6. The monoisotopic (exact) mass is 221 g/mol. The topological polar surface area (TPSA) is 49.3 Å². The van der Waals surface area contributed by atoms with E-state index in [0.29, 0.717) is 12.3 Å². The molecule has 16 heavy (non-hydrogen) atoms. The van der Waals surface area contributed by atoms with Crippen LogP contribution >= 0.6 is 0 Å². The molecule has 0 unspecified atom stereocenters. The molecule has 0 aliphatic rings. The van der Waals surface area contributed by atoms with Crippen LogP contribution in [0.25, 0.3) is 0 Å². The van der Waals surface area contributed by atoms with Gasteiger partial charge >= 0.3 is 5.97 Å². The molecule has 1 rings (SSSR count). The SMILES string of the molecule is CC(C)CN[C@H](Cc1ccccc1)C(=O)O. The van der Waals surface area contributed by atoms with Gasteiger partial charge in [-0.1, -0.05) is 44.2 Å². The average Bonchev–Trinajstić information content (AvgIpc) is 2.25. The fourth-order valence-corrected chi connectivity index (χ4v) is 1.47. The number of carbonyl (C=O) groups is 1. The first-order valence-electron chi connectivity index (χ1n) is 5.59. The van der Waals surface area contributed by atoms with E-state index in [1.807, 2.05) is 30.3 Å². The lowest BCUT2D eigenvalue weighted by atomic mass is 10.1. The van der Waals surface area contributed by atoms with E-state index in [-0.39, 0.29) is 0 Å². The summed E-state index contributed by atoms with van der Waals surface area (Å²) in [7, 11) is 0. The summed E-state index contributed by atoms with van der Waals surface area (Å²) in [6.45, 7) is 4.85. The second kappa shape index (κ2) is 6.28. The number of carboxylic acids is 1. The van der Waals surface area contributed by atoms with Gasteiger partial charge in [-0.3, -0.25) is 4.79 Å². The van der Waals surface area contributed by atoms with Crippen LogP contribution in [0, 0.1) is 5.92 Å². The van der Waals surface area contributed by atoms with Crippen LogP contribution in [-0.2, 0) is 11.2 Å². The lowest BCUT2D eigenvalue weighted by Gasteiger charge is -2.15. The Balaban J connectivity index is 2.55. The smallest absolute Gasteiger partial charge is 0.321 e. The van der Waals surface area contributed by atoms with E-state index < -0.39 is 12.0 Å². The molecule has 1 atom stereocenters. The van der Waals surface area contributed by atoms with E-state index in [1.54, 1.807) is 0 Å². The molecule has 2 N–H and O–H groups in total. The second-order valence-corrected chi connectivity index (χ2v) is 4.38. The molecule has 0 saturated heterocycles. The summed E-state index contributed by atoms with van der Waals surface area (Å²) in [5, 5.41) is 12.2. The highest BCUT2D eigenvalue weighted by atomic mass is 16.4. The molecule has 1 aromatic rings. The van der Waals surface area contributed by atoms with Crippen molar-refractivity contribution in [1.29, 1.82) is 0 Å². The van der Waals surface area contributed by atoms with Gasteiger partial charge in [-0.25, -0.2) is 0 Å². The van der Waals surface area contributed by atoms with E-state index in [1.165, 1.54) is 0 Å². The molecule has 0 amide bonds. The van der Waals surface area contributed by atoms with Crippen molar-refractivity contribution in [2.75, 3.05) is 6.54 Å². The average molecular weight is 221 g/mol. The normalized spacial score (nSPS) is 12.7. The molecule has 0 saturated carbocycles. The molecule has 0 spiro atoms. The van der Waals surface area contributed by atoms with Gasteiger partial charge in [-0.05, 0) is 24.4 Å². The van der Waals surface area contributed by atoms with E-state index in [2.05, 4.69) is 19.2 Å². The standard InChI is InChI=1S/C13H19NO2/c1-10(2)9-14-12(13(15)16)8-11-6-4-3-5-7-11/h3-7,10,12,14H,8-9H2,1-2H3,(H,15,16)/t12-/m1/s1. The molecule has 3 nitrogen and oxygen atoms in total. The Labute approximate surface area is 96.5 Å². The quantitative estimate of drug-likeness (QED) is 0.771. The van der Waals surface area contributed by atoms with E-state index >= 15 is 0 Å². The Morgan fingerprint density at radius 3 is 2.44 bits per heavy atom. The number of benzene rings is 1. The molecule has 0 bridgehead atoms. The molecular formula is C13H19NO2. The van der Waals surface area contributed by atoms with Gasteiger partial charge < -0.3 is 10.4 Å². The van der Waals surface area contributed by atoms with Crippen molar-refractivity contribution < 1.29 is 9.90 Å². The maximum atomic E-state index is 11.1. The minimum atomic E-state index is -0.787. The highest BCUT2D eigenvalue weighted by Gasteiger charge is 2.17. The number of hydrogen-bond donors (Lipinski definition) is 2. The second-order valence-electron chi connectivity index (χ2n) is 4.38. The van der Waals surface area contributed by atoms with Gasteiger partial charge in [0.25, 0.3) is 0 Å². The summed E-state index contributed by atoms with van der Waals surface area (Å²) in [6.07, 6.45) is 0.531. The summed E-state index contributed by atoms with van der Waals surface area (Å²) in [5.41, 5.74) is 1.05. The van der Waals surface area contributed by atoms with Gasteiger partial charge in [0.15, 0.2) is 0 Å². The Morgan fingerprint density at radius 1 is 1.31 bits per heavy atom. The Kier molecular flexibility index (Phi) is 4.99. The van der Waals surface area contributed by atoms with Crippen LogP contribution < -0.4 is 5.32 Å². The lowest BCUT2D eigenvalue weighted by molar-refractivity contribution is -0.139. The molecule has 0 radical (unpaired) electrons.